The highest BCUT2D eigenvalue weighted by Crippen LogP contribution is 2.16. The van der Waals surface area contributed by atoms with Gasteiger partial charge in [0.1, 0.15) is 0 Å². The molecule has 0 heterocycles. The molecule has 0 spiro atoms. The summed E-state index contributed by atoms with van der Waals surface area (Å²) in [6.07, 6.45) is 51.7. The Balaban J connectivity index is 3.43. The van der Waals surface area contributed by atoms with Crippen molar-refractivity contribution in [1.82, 2.24) is 5.32 Å². The maximum Gasteiger partial charge on any atom is 0.305 e. The number of hydrogen-bond acceptors (Lipinski definition) is 5. The monoisotopic (exact) mass is 792 g/mol. The van der Waals surface area contributed by atoms with E-state index < -0.39 is 12.1 Å². The molecule has 0 fully saturated rings. The third-order valence-electron chi connectivity index (χ3n) is 11.6. The number of nitrogens with one attached hydrogen (secondary N) is 1. The summed E-state index contributed by atoms with van der Waals surface area (Å²) in [6.45, 7) is 4.90. The largest absolute Gasteiger partial charge is 0.466 e. The van der Waals surface area contributed by atoms with Crippen molar-refractivity contribution in [2.45, 2.75) is 283 Å². The molecule has 0 saturated carbocycles. The van der Waals surface area contributed by atoms with E-state index in [1.54, 1.807) is 0 Å². The molecular weight excluding hydrogens is 695 g/mol. The fourth-order valence-electron chi connectivity index (χ4n) is 7.69. The molecule has 0 bridgehead atoms. The summed E-state index contributed by atoms with van der Waals surface area (Å²) in [4.78, 5) is 24.4. The third-order valence-corrected chi connectivity index (χ3v) is 11.6. The summed E-state index contributed by atoms with van der Waals surface area (Å²) in [5.74, 6) is -0.0536. The fraction of sp³-hybridized carbons (Fsp3) is 0.920. The van der Waals surface area contributed by atoms with E-state index in [9.17, 15) is 19.8 Å². The van der Waals surface area contributed by atoms with Crippen molar-refractivity contribution in [2.75, 3.05) is 13.2 Å². The van der Waals surface area contributed by atoms with Gasteiger partial charge in [0.05, 0.1) is 25.4 Å². The minimum absolute atomic E-state index is 0.00949. The molecule has 2 atom stereocenters. The molecule has 0 radical (unpaired) electrons. The number of allylic oxidation sites excluding steroid dienone is 2. The Labute approximate surface area is 349 Å². The number of rotatable bonds is 46. The van der Waals surface area contributed by atoms with Crippen LogP contribution in [0.15, 0.2) is 12.2 Å². The van der Waals surface area contributed by atoms with E-state index in [1.165, 1.54) is 186 Å². The molecule has 0 aliphatic carbocycles. The van der Waals surface area contributed by atoms with Gasteiger partial charge in [0, 0.05) is 12.8 Å². The number of amides is 1. The Morgan fingerprint density at radius 2 is 0.839 bits per heavy atom. The quantitative estimate of drug-likeness (QED) is 0.0324. The Morgan fingerprint density at radius 1 is 0.482 bits per heavy atom. The van der Waals surface area contributed by atoms with Crippen LogP contribution in [0.5, 0.6) is 0 Å². The molecule has 0 saturated heterocycles. The first-order valence-corrected chi connectivity index (χ1v) is 24.9. The summed E-state index contributed by atoms with van der Waals surface area (Å²) in [7, 11) is 0. The fourth-order valence-corrected chi connectivity index (χ4v) is 7.69. The van der Waals surface area contributed by atoms with Gasteiger partial charge in [0.2, 0.25) is 5.91 Å². The Morgan fingerprint density at radius 3 is 1.30 bits per heavy atom. The SMILES string of the molecule is CCCCC/C=C\CCCCCCCC(=O)OCCCCCCCCCCCCCCCCCC(=O)NC(CO)C(O)CCCCCCCCCCCCCC. The molecule has 3 N–H and O–H groups in total. The Kier molecular flexibility index (Phi) is 45.1. The second-order valence-electron chi connectivity index (χ2n) is 17.1. The van der Waals surface area contributed by atoms with Gasteiger partial charge in [-0.3, -0.25) is 9.59 Å². The third kappa shape index (κ3) is 42.2. The average molecular weight is 792 g/mol. The number of hydrogen-bond donors (Lipinski definition) is 3. The van der Waals surface area contributed by atoms with Crippen LogP contribution < -0.4 is 5.32 Å². The lowest BCUT2D eigenvalue weighted by atomic mass is 10.0. The molecule has 0 aromatic heterocycles. The number of aliphatic hydroxyl groups excluding tert-OH is 2. The summed E-state index contributed by atoms with van der Waals surface area (Å²) in [5.41, 5.74) is 0. The Hall–Kier alpha value is -1.40. The van der Waals surface area contributed by atoms with Gasteiger partial charge < -0.3 is 20.3 Å². The topological polar surface area (TPSA) is 95.9 Å². The smallest absolute Gasteiger partial charge is 0.305 e. The van der Waals surface area contributed by atoms with Crippen molar-refractivity contribution >= 4 is 11.9 Å². The molecule has 1 amide bonds. The summed E-state index contributed by atoms with van der Waals surface area (Å²) < 4.78 is 5.45. The van der Waals surface area contributed by atoms with Crippen molar-refractivity contribution in [2.24, 2.45) is 0 Å². The molecule has 0 aromatic carbocycles. The second kappa shape index (κ2) is 46.3. The lowest BCUT2D eigenvalue weighted by molar-refractivity contribution is -0.143. The number of esters is 1. The van der Waals surface area contributed by atoms with Crippen LogP contribution in [0.3, 0.4) is 0 Å². The highest BCUT2D eigenvalue weighted by molar-refractivity contribution is 5.76. The lowest BCUT2D eigenvalue weighted by Gasteiger charge is -2.22. The predicted molar refractivity (Wildman–Crippen MR) is 241 cm³/mol. The second-order valence-corrected chi connectivity index (χ2v) is 17.1. The summed E-state index contributed by atoms with van der Waals surface area (Å²) >= 11 is 0. The minimum atomic E-state index is -0.668. The van der Waals surface area contributed by atoms with Gasteiger partial charge in [0.15, 0.2) is 0 Å². The van der Waals surface area contributed by atoms with Crippen LogP contribution in [0.1, 0.15) is 271 Å². The van der Waals surface area contributed by atoms with Crippen LogP contribution in [0.25, 0.3) is 0 Å². The van der Waals surface area contributed by atoms with Crippen molar-refractivity contribution in [3.63, 3.8) is 0 Å². The summed E-state index contributed by atoms with van der Waals surface area (Å²) in [6, 6.07) is -0.546. The van der Waals surface area contributed by atoms with Crippen molar-refractivity contribution < 1.29 is 24.5 Å². The van der Waals surface area contributed by atoms with Crippen molar-refractivity contribution in [3.8, 4) is 0 Å². The number of unbranched alkanes of at least 4 members (excludes halogenated alkanes) is 33. The molecule has 6 heteroatoms. The predicted octanol–water partition coefficient (Wildman–Crippen LogP) is 14.6. The van der Waals surface area contributed by atoms with E-state index >= 15 is 0 Å². The van der Waals surface area contributed by atoms with Gasteiger partial charge in [-0.15, -0.1) is 0 Å². The number of aliphatic hydroxyl groups is 2. The molecule has 332 valence electrons. The molecular formula is C50H97NO5. The maximum atomic E-state index is 12.4. The standard InChI is InChI=1S/C50H97NO5/c1-3-5-7-9-11-13-15-22-26-30-34-38-42-48(53)47(46-52)51-49(54)43-39-35-31-27-23-20-18-17-19-21-25-29-33-37-41-45-56-50(55)44-40-36-32-28-24-16-14-12-10-8-6-4-2/h12,14,47-48,52-53H,3-11,13,15-46H2,1-2H3,(H,51,54)/b14-12-. The van der Waals surface area contributed by atoms with Crippen LogP contribution in [0.4, 0.5) is 0 Å². The van der Waals surface area contributed by atoms with E-state index in [0.29, 0.717) is 25.9 Å². The number of ether oxygens (including phenoxy) is 1. The van der Waals surface area contributed by atoms with Gasteiger partial charge in [0.25, 0.3) is 0 Å². The zero-order chi connectivity index (χ0) is 40.8. The van der Waals surface area contributed by atoms with Gasteiger partial charge in [-0.25, -0.2) is 0 Å². The van der Waals surface area contributed by atoms with Crippen LogP contribution in [0.2, 0.25) is 0 Å². The first kappa shape index (κ1) is 54.6. The molecule has 0 rings (SSSR count). The molecule has 6 nitrogen and oxygen atoms in total. The zero-order valence-electron chi connectivity index (χ0n) is 37.6. The van der Waals surface area contributed by atoms with E-state index in [4.69, 9.17) is 4.74 Å². The average Bonchev–Trinajstić information content (AvgIpc) is 3.20. The van der Waals surface area contributed by atoms with Crippen LogP contribution in [-0.4, -0.2) is 47.4 Å². The van der Waals surface area contributed by atoms with Crippen molar-refractivity contribution in [3.05, 3.63) is 12.2 Å². The zero-order valence-corrected chi connectivity index (χ0v) is 37.6. The molecule has 0 aliphatic heterocycles. The van der Waals surface area contributed by atoms with Crippen LogP contribution in [0, 0.1) is 0 Å². The molecule has 0 aliphatic rings. The summed E-state index contributed by atoms with van der Waals surface area (Å²) in [5, 5.41) is 23.1. The normalized spacial score (nSPS) is 12.7. The van der Waals surface area contributed by atoms with Gasteiger partial charge >= 0.3 is 5.97 Å². The first-order chi connectivity index (χ1) is 27.5. The minimum Gasteiger partial charge on any atom is -0.466 e. The first-order valence-electron chi connectivity index (χ1n) is 24.9. The van der Waals surface area contributed by atoms with E-state index in [1.807, 2.05) is 0 Å². The van der Waals surface area contributed by atoms with Gasteiger partial charge in [-0.05, 0) is 51.4 Å². The highest BCUT2D eigenvalue weighted by atomic mass is 16.5. The van der Waals surface area contributed by atoms with E-state index in [2.05, 4.69) is 31.3 Å². The van der Waals surface area contributed by atoms with E-state index in [0.717, 1.165) is 51.4 Å². The number of carbonyl (C=O) groups excluding carboxylic acids is 2. The van der Waals surface area contributed by atoms with Crippen LogP contribution in [-0.2, 0) is 14.3 Å². The van der Waals surface area contributed by atoms with Gasteiger partial charge in [-0.1, -0.05) is 219 Å². The van der Waals surface area contributed by atoms with Gasteiger partial charge in [-0.2, -0.15) is 0 Å². The lowest BCUT2D eigenvalue weighted by Crippen LogP contribution is -2.45. The maximum absolute atomic E-state index is 12.4. The van der Waals surface area contributed by atoms with Crippen LogP contribution >= 0.6 is 0 Å². The Bertz CT molecular complexity index is 832. The molecule has 56 heavy (non-hydrogen) atoms. The van der Waals surface area contributed by atoms with E-state index in [-0.39, 0.29) is 18.5 Å². The molecule has 0 aromatic rings. The highest BCUT2D eigenvalue weighted by Gasteiger charge is 2.20. The van der Waals surface area contributed by atoms with Crippen molar-refractivity contribution in [1.29, 1.82) is 0 Å². The molecule has 2 unspecified atom stereocenters. The number of carbonyl (C=O) groups is 2.